The van der Waals surface area contributed by atoms with E-state index in [1.54, 1.807) is 12.1 Å². The molecule has 1 aromatic rings. The lowest BCUT2D eigenvalue weighted by molar-refractivity contribution is 0.0724. The summed E-state index contributed by atoms with van der Waals surface area (Å²) in [4.78, 5) is 14.0. The minimum Gasteiger partial charge on any atom is -0.339 e. The molecule has 15 heavy (non-hydrogen) atoms. The van der Waals surface area contributed by atoms with E-state index in [2.05, 4.69) is 0 Å². The molecular formula is C12H14ClNO. The van der Waals surface area contributed by atoms with Crippen molar-refractivity contribution in [3.8, 4) is 0 Å². The highest BCUT2D eigenvalue weighted by atomic mass is 35.5. The van der Waals surface area contributed by atoms with Gasteiger partial charge in [0.1, 0.15) is 0 Å². The average molecular weight is 224 g/mol. The van der Waals surface area contributed by atoms with E-state index >= 15 is 0 Å². The molecule has 0 aliphatic carbocycles. The molecule has 0 bridgehead atoms. The van der Waals surface area contributed by atoms with E-state index in [1.165, 1.54) is 6.42 Å². The van der Waals surface area contributed by atoms with E-state index in [9.17, 15) is 4.79 Å². The Labute approximate surface area is 94.8 Å². The van der Waals surface area contributed by atoms with Crippen molar-refractivity contribution in [2.24, 2.45) is 0 Å². The Morgan fingerprint density at radius 2 is 1.80 bits per heavy atom. The number of rotatable bonds is 1. The monoisotopic (exact) mass is 223 g/mol. The molecule has 1 amide bonds. The quantitative estimate of drug-likeness (QED) is 0.717. The van der Waals surface area contributed by atoms with Gasteiger partial charge in [-0.25, -0.2) is 0 Å². The van der Waals surface area contributed by atoms with Gasteiger partial charge < -0.3 is 4.90 Å². The molecule has 0 radical (unpaired) electrons. The Morgan fingerprint density at radius 3 is 2.47 bits per heavy atom. The normalized spacial score (nSPS) is 16.5. The topological polar surface area (TPSA) is 20.3 Å². The highest BCUT2D eigenvalue weighted by Gasteiger charge is 2.19. The SMILES string of the molecule is O=C(c1ccccc1Cl)N1CCCCC1. The van der Waals surface area contributed by atoms with E-state index in [4.69, 9.17) is 11.6 Å². The van der Waals surface area contributed by atoms with E-state index in [0.717, 1.165) is 25.9 Å². The minimum atomic E-state index is 0.0697. The maximum Gasteiger partial charge on any atom is 0.255 e. The van der Waals surface area contributed by atoms with Crippen molar-refractivity contribution in [1.29, 1.82) is 0 Å². The number of hydrogen-bond acceptors (Lipinski definition) is 1. The molecule has 0 atom stereocenters. The first-order valence-electron chi connectivity index (χ1n) is 5.33. The molecule has 1 heterocycles. The van der Waals surface area contributed by atoms with Crippen molar-refractivity contribution in [3.05, 3.63) is 34.9 Å². The molecule has 0 N–H and O–H groups in total. The summed E-state index contributed by atoms with van der Waals surface area (Å²) in [6.45, 7) is 1.73. The van der Waals surface area contributed by atoms with Gasteiger partial charge in [0.05, 0.1) is 10.6 Å². The summed E-state index contributed by atoms with van der Waals surface area (Å²) >= 11 is 5.99. The number of halogens is 1. The summed E-state index contributed by atoms with van der Waals surface area (Å²) in [6, 6.07) is 7.25. The van der Waals surface area contributed by atoms with Gasteiger partial charge in [0.15, 0.2) is 0 Å². The first-order valence-corrected chi connectivity index (χ1v) is 5.70. The van der Waals surface area contributed by atoms with E-state index in [1.807, 2.05) is 17.0 Å². The van der Waals surface area contributed by atoms with Gasteiger partial charge in [-0.3, -0.25) is 4.79 Å². The van der Waals surface area contributed by atoms with Crippen LogP contribution in [0.4, 0.5) is 0 Å². The highest BCUT2D eigenvalue weighted by molar-refractivity contribution is 6.33. The predicted octanol–water partition coefficient (Wildman–Crippen LogP) is 2.97. The fraction of sp³-hybridized carbons (Fsp3) is 0.417. The number of benzene rings is 1. The molecule has 0 spiro atoms. The molecular weight excluding hydrogens is 210 g/mol. The highest BCUT2D eigenvalue weighted by Crippen LogP contribution is 2.19. The fourth-order valence-corrected chi connectivity index (χ4v) is 2.12. The summed E-state index contributed by atoms with van der Waals surface area (Å²) in [5.74, 6) is 0.0697. The van der Waals surface area contributed by atoms with Gasteiger partial charge in [0.2, 0.25) is 0 Å². The third-order valence-corrected chi connectivity index (χ3v) is 3.08. The van der Waals surface area contributed by atoms with Crippen molar-refractivity contribution < 1.29 is 4.79 Å². The molecule has 1 aliphatic rings. The molecule has 2 rings (SSSR count). The lowest BCUT2D eigenvalue weighted by Crippen LogP contribution is -2.35. The van der Waals surface area contributed by atoms with E-state index < -0.39 is 0 Å². The number of piperidine rings is 1. The zero-order valence-corrected chi connectivity index (χ0v) is 9.33. The van der Waals surface area contributed by atoms with Crippen LogP contribution in [0.25, 0.3) is 0 Å². The number of nitrogens with zero attached hydrogens (tertiary/aromatic N) is 1. The summed E-state index contributed by atoms with van der Waals surface area (Å²) < 4.78 is 0. The van der Waals surface area contributed by atoms with Crippen molar-refractivity contribution in [3.63, 3.8) is 0 Å². The Bertz CT molecular complexity index is 358. The third-order valence-electron chi connectivity index (χ3n) is 2.75. The van der Waals surface area contributed by atoms with Crippen molar-refractivity contribution in [1.82, 2.24) is 4.90 Å². The van der Waals surface area contributed by atoms with Crippen LogP contribution in [0, 0.1) is 0 Å². The van der Waals surface area contributed by atoms with Gasteiger partial charge >= 0.3 is 0 Å². The molecule has 1 aliphatic heterocycles. The van der Waals surface area contributed by atoms with Crippen LogP contribution in [0.2, 0.25) is 5.02 Å². The van der Waals surface area contributed by atoms with Crippen LogP contribution in [0.3, 0.4) is 0 Å². The molecule has 0 saturated carbocycles. The van der Waals surface area contributed by atoms with Gasteiger partial charge in [-0.15, -0.1) is 0 Å². The third kappa shape index (κ3) is 2.32. The second-order valence-electron chi connectivity index (χ2n) is 3.83. The second kappa shape index (κ2) is 4.67. The first-order chi connectivity index (χ1) is 7.29. The standard InChI is InChI=1S/C12H14ClNO/c13-11-7-3-2-6-10(11)12(15)14-8-4-1-5-9-14/h2-3,6-7H,1,4-5,8-9H2. The molecule has 2 nitrogen and oxygen atoms in total. The number of carbonyl (C=O) groups is 1. The van der Waals surface area contributed by atoms with Gasteiger partial charge in [-0.1, -0.05) is 23.7 Å². The maximum atomic E-state index is 12.1. The summed E-state index contributed by atoms with van der Waals surface area (Å²) in [5, 5.41) is 0.549. The smallest absolute Gasteiger partial charge is 0.255 e. The molecule has 3 heteroatoms. The van der Waals surface area contributed by atoms with Crippen LogP contribution < -0.4 is 0 Å². The van der Waals surface area contributed by atoms with Gasteiger partial charge in [0, 0.05) is 13.1 Å². The van der Waals surface area contributed by atoms with Crippen molar-refractivity contribution in [2.75, 3.05) is 13.1 Å². The number of likely N-dealkylation sites (tertiary alicyclic amines) is 1. The molecule has 0 aromatic heterocycles. The van der Waals surface area contributed by atoms with E-state index in [-0.39, 0.29) is 5.91 Å². The van der Waals surface area contributed by atoms with Crippen molar-refractivity contribution >= 4 is 17.5 Å². The van der Waals surface area contributed by atoms with Crippen LogP contribution in [-0.2, 0) is 0 Å². The Morgan fingerprint density at radius 1 is 1.13 bits per heavy atom. The summed E-state index contributed by atoms with van der Waals surface area (Å²) in [5.41, 5.74) is 0.626. The van der Waals surface area contributed by atoms with Crippen molar-refractivity contribution in [2.45, 2.75) is 19.3 Å². The second-order valence-corrected chi connectivity index (χ2v) is 4.24. The van der Waals surface area contributed by atoms with Crippen LogP contribution in [0.1, 0.15) is 29.6 Å². The molecule has 1 aromatic carbocycles. The molecule has 80 valence electrons. The average Bonchev–Trinajstić information content (AvgIpc) is 2.30. The van der Waals surface area contributed by atoms with E-state index in [0.29, 0.717) is 10.6 Å². The molecule has 1 saturated heterocycles. The predicted molar refractivity (Wildman–Crippen MR) is 61.2 cm³/mol. The fourth-order valence-electron chi connectivity index (χ4n) is 1.90. The molecule has 0 unspecified atom stereocenters. The maximum absolute atomic E-state index is 12.1. The zero-order chi connectivity index (χ0) is 10.7. The van der Waals surface area contributed by atoms with Crippen LogP contribution >= 0.6 is 11.6 Å². The van der Waals surface area contributed by atoms with Gasteiger partial charge in [-0.2, -0.15) is 0 Å². The van der Waals surface area contributed by atoms with Crippen LogP contribution in [0.5, 0.6) is 0 Å². The molecule has 1 fully saturated rings. The minimum absolute atomic E-state index is 0.0697. The Hall–Kier alpha value is -1.02. The summed E-state index contributed by atoms with van der Waals surface area (Å²) in [6.07, 6.45) is 3.44. The number of amides is 1. The zero-order valence-electron chi connectivity index (χ0n) is 8.58. The van der Waals surface area contributed by atoms with Crippen LogP contribution in [0.15, 0.2) is 24.3 Å². The van der Waals surface area contributed by atoms with Gasteiger partial charge in [0.25, 0.3) is 5.91 Å². The van der Waals surface area contributed by atoms with Gasteiger partial charge in [-0.05, 0) is 31.4 Å². The summed E-state index contributed by atoms with van der Waals surface area (Å²) in [7, 11) is 0. The van der Waals surface area contributed by atoms with Crippen LogP contribution in [-0.4, -0.2) is 23.9 Å². The lowest BCUT2D eigenvalue weighted by atomic mass is 10.1. The Balaban J connectivity index is 2.16. The lowest BCUT2D eigenvalue weighted by Gasteiger charge is -2.27. The Kier molecular flexibility index (Phi) is 3.27. The largest absolute Gasteiger partial charge is 0.339 e. The number of carbonyl (C=O) groups excluding carboxylic acids is 1. The number of hydrogen-bond donors (Lipinski definition) is 0. The first kappa shape index (κ1) is 10.5.